The van der Waals surface area contributed by atoms with E-state index in [-0.39, 0.29) is 0 Å². The molecule has 0 aliphatic heterocycles. The normalized spacial score (nSPS) is 14.2. The molecule has 0 saturated carbocycles. The van der Waals surface area contributed by atoms with Crippen LogP contribution < -0.4 is 5.32 Å². The number of hydrogen-bond acceptors (Lipinski definition) is 2. The molecule has 0 spiro atoms. The average Bonchev–Trinajstić information content (AvgIpc) is 2.10. The van der Waals surface area contributed by atoms with Gasteiger partial charge in [0.25, 0.3) is 0 Å². The Hall–Kier alpha value is 0.137. The maximum Gasteiger partial charge on any atom is 0.0587 e. The van der Waals surface area contributed by atoms with Crippen LogP contribution in [-0.4, -0.2) is 34.9 Å². The summed E-state index contributed by atoms with van der Waals surface area (Å²) >= 11 is 0. The third-order valence-electron chi connectivity index (χ3n) is 2.51. The summed E-state index contributed by atoms with van der Waals surface area (Å²) in [5.74, 6) is 0.874. The van der Waals surface area contributed by atoms with Gasteiger partial charge in [-0.05, 0) is 18.9 Å². The van der Waals surface area contributed by atoms with Gasteiger partial charge in [-0.2, -0.15) is 0 Å². The Morgan fingerprint density at radius 3 is 2.40 bits per heavy atom. The van der Waals surface area contributed by atoms with Crippen LogP contribution in [0, 0.1) is 5.92 Å². The van der Waals surface area contributed by atoms with E-state index in [0.29, 0.717) is 0 Å². The molecule has 0 aromatic rings. The first-order chi connectivity index (χ1) is 6.99. The summed E-state index contributed by atoms with van der Waals surface area (Å²) in [4.78, 5) is 0. The van der Waals surface area contributed by atoms with E-state index in [4.69, 9.17) is 4.74 Å². The molecule has 0 fully saturated rings. The van der Waals surface area contributed by atoms with Crippen molar-refractivity contribution < 1.29 is 4.74 Å². The van der Waals surface area contributed by atoms with E-state index in [1.54, 1.807) is 7.11 Å². The van der Waals surface area contributed by atoms with Crippen molar-refractivity contribution in [3.05, 3.63) is 0 Å². The third-order valence-corrected chi connectivity index (χ3v) is 4.32. The van der Waals surface area contributed by atoms with Crippen molar-refractivity contribution in [3.63, 3.8) is 0 Å². The molecule has 0 bridgehead atoms. The van der Waals surface area contributed by atoms with Crippen LogP contribution in [0.25, 0.3) is 0 Å². The van der Waals surface area contributed by atoms with Crippen molar-refractivity contribution in [2.45, 2.75) is 45.5 Å². The maximum absolute atomic E-state index is 5.03. The summed E-state index contributed by atoms with van der Waals surface area (Å²) in [6.45, 7) is 12.7. The average molecular weight is 231 g/mol. The van der Waals surface area contributed by atoms with E-state index >= 15 is 0 Å². The fourth-order valence-corrected chi connectivity index (χ4v) is 4.11. The monoisotopic (exact) mass is 231 g/mol. The van der Waals surface area contributed by atoms with E-state index < -0.39 is 8.07 Å². The van der Waals surface area contributed by atoms with E-state index in [0.717, 1.165) is 19.1 Å². The zero-order chi connectivity index (χ0) is 11.7. The zero-order valence-electron chi connectivity index (χ0n) is 11.2. The van der Waals surface area contributed by atoms with E-state index in [1.807, 2.05) is 0 Å². The van der Waals surface area contributed by atoms with Gasteiger partial charge < -0.3 is 10.1 Å². The van der Waals surface area contributed by atoms with Gasteiger partial charge in [0.05, 0.1) is 6.61 Å². The van der Waals surface area contributed by atoms with Gasteiger partial charge in [-0.15, -0.1) is 0 Å². The molecule has 2 nitrogen and oxygen atoms in total. The first kappa shape index (κ1) is 15.1. The summed E-state index contributed by atoms with van der Waals surface area (Å²) in [6.07, 6.45) is 2.67. The van der Waals surface area contributed by atoms with Crippen LogP contribution in [-0.2, 0) is 4.74 Å². The van der Waals surface area contributed by atoms with Gasteiger partial charge in [0.2, 0.25) is 0 Å². The summed E-state index contributed by atoms with van der Waals surface area (Å²) in [7, 11) is 0.860. The first-order valence-corrected chi connectivity index (χ1v) is 9.90. The lowest BCUT2D eigenvalue weighted by Gasteiger charge is -2.24. The van der Waals surface area contributed by atoms with Gasteiger partial charge in [-0.3, -0.25) is 0 Å². The molecule has 0 aliphatic carbocycles. The Balaban J connectivity index is 3.73. The second-order valence-corrected chi connectivity index (χ2v) is 11.1. The molecule has 15 heavy (non-hydrogen) atoms. The predicted molar refractivity (Wildman–Crippen MR) is 71.3 cm³/mol. The second-order valence-electron chi connectivity index (χ2n) is 5.62. The molecule has 0 aromatic heterocycles. The van der Waals surface area contributed by atoms with Crippen molar-refractivity contribution in [2.75, 3.05) is 26.8 Å². The van der Waals surface area contributed by atoms with Gasteiger partial charge in [-0.25, -0.2) is 0 Å². The zero-order valence-corrected chi connectivity index (χ0v) is 12.2. The summed E-state index contributed by atoms with van der Waals surface area (Å²) in [5.41, 5.74) is 0. The van der Waals surface area contributed by atoms with Crippen molar-refractivity contribution in [1.82, 2.24) is 5.32 Å². The molecule has 92 valence electrons. The summed E-state index contributed by atoms with van der Waals surface area (Å²) < 4.78 is 5.03. The summed E-state index contributed by atoms with van der Waals surface area (Å²) in [5, 5.41) is 3.49. The molecule has 1 unspecified atom stereocenters. The molecule has 0 heterocycles. The molecule has 0 aromatic carbocycles. The van der Waals surface area contributed by atoms with Gasteiger partial charge >= 0.3 is 0 Å². The molecule has 0 rings (SSSR count). The van der Waals surface area contributed by atoms with Crippen LogP contribution in [0.5, 0.6) is 0 Å². The van der Waals surface area contributed by atoms with Gasteiger partial charge in [0.1, 0.15) is 0 Å². The first-order valence-electron chi connectivity index (χ1n) is 6.19. The topological polar surface area (TPSA) is 21.3 Å². The van der Waals surface area contributed by atoms with Crippen LogP contribution >= 0.6 is 0 Å². The third kappa shape index (κ3) is 10.4. The minimum Gasteiger partial charge on any atom is -0.383 e. The highest BCUT2D eigenvalue weighted by Gasteiger charge is 2.19. The van der Waals surface area contributed by atoms with Crippen LogP contribution in [0.3, 0.4) is 0 Å². The molecule has 1 atom stereocenters. The molecule has 0 saturated heterocycles. The number of methoxy groups -OCH3 is 1. The van der Waals surface area contributed by atoms with Crippen molar-refractivity contribution in [2.24, 2.45) is 5.92 Å². The smallest absolute Gasteiger partial charge is 0.0587 e. The van der Waals surface area contributed by atoms with E-state index in [1.165, 1.54) is 25.4 Å². The minimum atomic E-state index is -0.897. The Labute approximate surface area is 96.8 Å². The van der Waals surface area contributed by atoms with Crippen molar-refractivity contribution in [1.29, 1.82) is 0 Å². The highest BCUT2D eigenvalue weighted by atomic mass is 28.3. The largest absolute Gasteiger partial charge is 0.383 e. The highest BCUT2D eigenvalue weighted by Crippen LogP contribution is 2.20. The molecular weight excluding hydrogens is 202 g/mol. The molecule has 0 aliphatic rings. The fourth-order valence-electron chi connectivity index (χ4n) is 2.03. The van der Waals surface area contributed by atoms with Crippen molar-refractivity contribution >= 4 is 8.07 Å². The Morgan fingerprint density at radius 1 is 1.27 bits per heavy atom. The second kappa shape index (κ2) is 8.31. The molecule has 1 N–H and O–H groups in total. The highest BCUT2D eigenvalue weighted by molar-refractivity contribution is 6.76. The lowest BCUT2D eigenvalue weighted by atomic mass is 10.1. The van der Waals surface area contributed by atoms with E-state index in [2.05, 4.69) is 31.9 Å². The Kier molecular flexibility index (Phi) is 8.38. The van der Waals surface area contributed by atoms with Gasteiger partial charge in [0, 0.05) is 21.7 Å². The van der Waals surface area contributed by atoms with Gasteiger partial charge in [-0.1, -0.05) is 39.0 Å². The number of nitrogens with one attached hydrogen (secondary N) is 1. The molecule has 0 amide bonds. The molecule has 3 heteroatoms. The van der Waals surface area contributed by atoms with Gasteiger partial charge in [0.15, 0.2) is 0 Å². The fraction of sp³-hybridized carbons (Fsp3) is 1.00. The SMILES string of the molecule is CCCC(CNCCOC)C[Si](C)(C)C. The van der Waals surface area contributed by atoms with Crippen LogP contribution in [0.2, 0.25) is 25.7 Å². The molecular formula is C12H29NOSi. The maximum atomic E-state index is 5.03. The minimum absolute atomic E-state index is 0.825. The predicted octanol–water partition coefficient (Wildman–Crippen LogP) is 2.98. The Morgan fingerprint density at radius 2 is 1.93 bits per heavy atom. The van der Waals surface area contributed by atoms with Crippen molar-refractivity contribution in [3.8, 4) is 0 Å². The standard InChI is InChI=1S/C12H29NOSi/c1-6-7-12(11-15(3,4)5)10-13-8-9-14-2/h12-13H,6-11H2,1-5H3. The van der Waals surface area contributed by atoms with Crippen LogP contribution in [0.15, 0.2) is 0 Å². The van der Waals surface area contributed by atoms with Crippen LogP contribution in [0.1, 0.15) is 19.8 Å². The summed E-state index contributed by atoms with van der Waals surface area (Å²) in [6, 6.07) is 1.45. The molecule has 0 radical (unpaired) electrons. The van der Waals surface area contributed by atoms with E-state index in [9.17, 15) is 0 Å². The van der Waals surface area contributed by atoms with Crippen LogP contribution in [0.4, 0.5) is 0 Å². The Bertz CT molecular complexity index is 145. The quantitative estimate of drug-likeness (QED) is 0.486. The number of hydrogen-bond donors (Lipinski definition) is 1. The number of ether oxygens (including phenoxy) is 1. The number of rotatable bonds is 9. The lowest BCUT2D eigenvalue weighted by Crippen LogP contribution is -2.31. The lowest BCUT2D eigenvalue weighted by molar-refractivity contribution is 0.198.